The van der Waals surface area contributed by atoms with Gasteiger partial charge in [-0.15, -0.1) is 0 Å². The number of rotatable bonds is 3. The van der Waals surface area contributed by atoms with Crippen molar-refractivity contribution < 1.29 is 14.7 Å². The molecule has 0 saturated heterocycles. The first-order valence-electron chi connectivity index (χ1n) is 5.67. The van der Waals surface area contributed by atoms with Crippen LogP contribution < -0.4 is 11.1 Å². The quantitative estimate of drug-likeness (QED) is 0.752. The summed E-state index contributed by atoms with van der Waals surface area (Å²) in [4.78, 5) is 22.9. The van der Waals surface area contributed by atoms with Gasteiger partial charge in [-0.3, -0.25) is 4.79 Å². The van der Waals surface area contributed by atoms with Crippen molar-refractivity contribution in [1.29, 1.82) is 0 Å². The van der Waals surface area contributed by atoms with Gasteiger partial charge in [0.05, 0.1) is 11.3 Å². The van der Waals surface area contributed by atoms with Crippen LogP contribution in [0.25, 0.3) is 0 Å². The second-order valence-corrected chi connectivity index (χ2v) is 4.93. The summed E-state index contributed by atoms with van der Waals surface area (Å²) in [6.07, 6.45) is 0. The van der Waals surface area contributed by atoms with Gasteiger partial charge < -0.3 is 16.2 Å². The molecule has 0 saturated carbocycles. The molecule has 0 aliphatic heterocycles. The molecule has 0 spiro atoms. The first-order chi connectivity index (χ1) is 9.47. The number of nitrogens with two attached hydrogens (primary N) is 1. The lowest BCUT2D eigenvalue weighted by molar-refractivity contribution is 0.0696. The molecule has 0 heterocycles. The van der Waals surface area contributed by atoms with Gasteiger partial charge in [0.25, 0.3) is 5.91 Å². The maximum absolute atomic E-state index is 12.0. The van der Waals surface area contributed by atoms with Crippen LogP contribution in [0.3, 0.4) is 0 Å². The van der Waals surface area contributed by atoms with Crippen LogP contribution in [-0.4, -0.2) is 17.0 Å². The van der Waals surface area contributed by atoms with Crippen molar-refractivity contribution in [3.63, 3.8) is 0 Å². The number of benzene rings is 2. The molecule has 0 atom stereocenters. The van der Waals surface area contributed by atoms with Crippen LogP contribution in [0.15, 0.2) is 46.9 Å². The molecule has 4 N–H and O–H groups in total. The molecule has 6 heteroatoms. The summed E-state index contributed by atoms with van der Waals surface area (Å²) < 4.78 is 0.495. The van der Waals surface area contributed by atoms with Crippen molar-refractivity contribution in [2.75, 3.05) is 11.1 Å². The number of nitrogens with one attached hydrogen (secondary N) is 1. The summed E-state index contributed by atoms with van der Waals surface area (Å²) in [6.45, 7) is 0. The van der Waals surface area contributed by atoms with Crippen LogP contribution in [0.5, 0.6) is 0 Å². The highest BCUT2D eigenvalue weighted by Gasteiger charge is 2.11. The lowest BCUT2D eigenvalue weighted by Gasteiger charge is -2.08. The Balaban J connectivity index is 2.22. The third kappa shape index (κ3) is 3.16. The Morgan fingerprint density at radius 3 is 2.45 bits per heavy atom. The zero-order valence-corrected chi connectivity index (χ0v) is 11.8. The van der Waals surface area contributed by atoms with E-state index in [2.05, 4.69) is 21.2 Å². The van der Waals surface area contributed by atoms with Crippen LogP contribution in [0.4, 0.5) is 11.4 Å². The predicted molar refractivity (Wildman–Crippen MR) is 79.9 cm³/mol. The van der Waals surface area contributed by atoms with Gasteiger partial charge in [-0.2, -0.15) is 0 Å². The maximum Gasteiger partial charge on any atom is 0.335 e. The monoisotopic (exact) mass is 334 g/mol. The number of amides is 1. The zero-order valence-electron chi connectivity index (χ0n) is 10.3. The van der Waals surface area contributed by atoms with Crippen molar-refractivity contribution in [3.05, 3.63) is 58.1 Å². The van der Waals surface area contributed by atoms with Gasteiger partial charge in [0, 0.05) is 15.7 Å². The minimum Gasteiger partial charge on any atom is -0.478 e. The summed E-state index contributed by atoms with van der Waals surface area (Å²) >= 11 is 3.23. The number of carbonyl (C=O) groups excluding carboxylic acids is 1. The van der Waals surface area contributed by atoms with E-state index in [0.29, 0.717) is 21.4 Å². The Kier molecular flexibility index (Phi) is 4.05. The number of halogens is 1. The number of anilines is 2. The summed E-state index contributed by atoms with van der Waals surface area (Å²) in [5.41, 5.74) is 7.17. The van der Waals surface area contributed by atoms with E-state index in [1.54, 1.807) is 24.3 Å². The smallest absolute Gasteiger partial charge is 0.335 e. The van der Waals surface area contributed by atoms with Crippen molar-refractivity contribution in [2.24, 2.45) is 0 Å². The van der Waals surface area contributed by atoms with Crippen LogP contribution in [-0.2, 0) is 0 Å². The maximum atomic E-state index is 12.0. The number of nitrogen functional groups attached to an aromatic ring is 1. The topological polar surface area (TPSA) is 92.4 Å². The molecule has 20 heavy (non-hydrogen) atoms. The summed E-state index contributed by atoms with van der Waals surface area (Å²) in [5, 5.41) is 11.6. The second kappa shape index (κ2) is 5.75. The van der Waals surface area contributed by atoms with Gasteiger partial charge in [0.15, 0.2) is 0 Å². The number of carboxylic acids is 1. The molecule has 0 bridgehead atoms. The molecule has 0 radical (unpaired) electrons. The van der Waals surface area contributed by atoms with Gasteiger partial charge in [-0.1, -0.05) is 6.07 Å². The number of aromatic carboxylic acids is 1. The van der Waals surface area contributed by atoms with Crippen LogP contribution in [0.1, 0.15) is 20.7 Å². The van der Waals surface area contributed by atoms with E-state index in [-0.39, 0.29) is 11.5 Å². The molecular weight excluding hydrogens is 324 g/mol. The molecule has 0 unspecified atom stereocenters. The Morgan fingerprint density at radius 1 is 1.10 bits per heavy atom. The fourth-order valence-corrected chi connectivity index (χ4v) is 2.10. The van der Waals surface area contributed by atoms with Crippen LogP contribution in [0.2, 0.25) is 0 Å². The molecule has 1 amide bonds. The highest BCUT2D eigenvalue weighted by Crippen LogP contribution is 2.24. The third-order valence-electron chi connectivity index (χ3n) is 2.61. The van der Waals surface area contributed by atoms with Gasteiger partial charge in [0.1, 0.15) is 0 Å². The average Bonchev–Trinajstić information content (AvgIpc) is 2.40. The Labute approximate surface area is 123 Å². The van der Waals surface area contributed by atoms with E-state index in [9.17, 15) is 9.59 Å². The standard InChI is InChI=1S/C14H11BrN2O3/c15-11-7-9(14(19)20)4-5-12(11)17-13(18)8-2-1-3-10(16)6-8/h1-7H,16H2,(H,17,18)(H,19,20). The second-order valence-electron chi connectivity index (χ2n) is 4.08. The van der Waals surface area contributed by atoms with E-state index in [0.717, 1.165) is 0 Å². The first-order valence-corrected chi connectivity index (χ1v) is 6.46. The van der Waals surface area contributed by atoms with Crippen molar-refractivity contribution in [1.82, 2.24) is 0 Å². The lowest BCUT2D eigenvalue weighted by Crippen LogP contribution is -2.12. The summed E-state index contributed by atoms with van der Waals surface area (Å²) in [5.74, 6) is -1.35. The van der Waals surface area contributed by atoms with Gasteiger partial charge in [-0.05, 0) is 52.3 Å². The SMILES string of the molecule is Nc1cccc(C(=O)Nc2ccc(C(=O)O)cc2Br)c1. The molecule has 102 valence electrons. The van der Waals surface area contributed by atoms with Crippen molar-refractivity contribution in [2.45, 2.75) is 0 Å². The average molecular weight is 335 g/mol. The molecule has 2 aromatic carbocycles. The van der Waals surface area contributed by atoms with E-state index < -0.39 is 5.97 Å². The minimum absolute atomic E-state index is 0.138. The molecule has 0 aromatic heterocycles. The van der Waals surface area contributed by atoms with Gasteiger partial charge >= 0.3 is 5.97 Å². The lowest BCUT2D eigenvalue weighted by atomic mass is 10.1. The molecule has 0 aliphatic rings. The normalized spacial score (nSPS) is 10.1. The highest BCUT2D eigenvalue weighted by atomic mass is 79.9. The fraction of sp³-hybridized carbons (Fsp3) is 0. The number of hydrogen-bond acceptors (Lipinski definition) is 3. The molecule has 0 fully saturated rings. The highest BCUT2D eigenvalue weighted by molar-refractivity contribution is 9.10. The first kappa shape index (κ1) is 14.1. The van der Waals surface area contributed by atoms with Crippen molar-refractivity contribution in [3.8, 4) is 0 Å². The van der Waals surface area contributed by atoms with Gasteiger partial charge in [0.2, 0.25) is 0 Å². The van der Waals surface area contributed by atoms with Crippen molar-refractivity contribution >= 4 is 39.2 Å². The summed E-state index contributed by atoms with van der Waals surface area (Å²) in [7, 11) is 0. The molecule has 0 aliphatic carbocycles. The third-order valence-corrected chi connectivity index (χ3v) is 3.27. The van der Waals surface area contributed by atoms with E-state index in [1.807, 2.05) is 0 Å². The number of hydrogen-bond donors (Lipinski definition) is 3. The Bertz CT molecular complexity index is 686. The molecule has 2 aromatic rings. The number of carbonyl (C=O) groups is 2. The molecular formula is C14H11BrN2O3. The van der Waals surface area contributed by atoms with Gasteiger partial charge in [-0.25, -0.2) is 4.79 Å². The van der Waals surface area contributed by atoms with Crippen LogP contribution in [0, 0.1) is 0 Å². The fourth-order valence-electron chi connectivity index (χ4n) is 1.62. The predicted octanol–water partition coefficient (Wildman–Crippen LogP) is 2.98. The largest absolute Gasteiger partial charge is 0.478 e. The zero-order chi connectivity index (χ0) is 14.7. The van der Waals surface area contributed by atoms with E-state index in [1.165, 1.54) is 18.2 Å². The van der Waals surface area contributed by atoms with E-state index >= 15 is 0 Å². The number of carboxylic acid groups (broad SMARTS) is 1. The molecule has 5 nitrogen and oxygen atoms in total. The molecule has 2 rings (SSSR count). The summed E-state index contributed by atoms with van der Waals surface area (Å²) in [6, 6.07) is 11.0. The van der Waals surface area contributed by atoms with Crippen LogP contribution >= 0.6 is 15.9 Å². The minimum atomic E-state index is -1.03. The Hall–Kier alpha value is -2.34. The Morgan fingerprint density at radius 2 is 1.85 bits per heavy atom. The van der Waals surface area contributed by atoms with E-state index in [4.69, 9.17) is 10.8 Å².